The lowest BCUT2D eigenvalue weighted by Crippen LogP contribution is -2.50. The SMILES string of the molecule is Cc1cc(C)n(CCCNC(=O)C(F)(F)C(F)(F)F)n1. The fourth-order valence-corrected chi connectivity index (χ4v) is 1.57. The first-order valence-electron chi connectivity index (χ1n) is 5.79. The van der Waals surface area contributed by atoms with Gasteiger partial charge in [0.05, 0.1) is 5.69 Å². The van der Waals surface area contributed by atoms with E-state index in [0.717, 1.165) is 11.4 Å². The van der Waals surface area contributed by atoms with E-state index in [2.05, 4.69) is 5.10 Å². The highest BCUT2D eigenvalue weighted by molar-refractivity contribution is 5.84. The monoisotopic (exact) mass is 299 g/mol. The predicted molar refractivity (Wildman–Crippen MR) is 60.3 cm³/mol. The van der Waals surface area contributed by atoms with Gasteiger partial charge in [-0.3, -0.25) is 9.48 Å². The minimum atomic E-state index is -5.88. The Labute approximate surface area is 111 Å². The van der Waals surface area contributed by atoms with E-state index in [1.54, 1.807) is 29.9 Å². The molecule has 0 aliphatic carbocycles. The van der Waals surface area contributed by atoms with E-state index in [9.17, 15) is 26.7 Å². The van der Waals surface area contributed by atoms with Gasteiger partial charge in [0.15, 0.2) is 0 Å². The van der Waals surface area contributed by atoms with Crippen molar-refractivity contribution in [2.24, 2.45) is 0 Å². The van der Waals surface area contributed by atoms with Crippen LogP contribution in [0.3, 0.4) is 0 Å². The van der Waals surface area contributed by atoms with Crippen LogP contribution in [-0.4, -0.2) is 34.3 Å². The topological polar surface area (TPSA) is 46.9 Å². The maximum absolute atomic E-state index is 12.6. The number of rotatable bonds is 5. The van der Waals surface area contributed by atoms with Gasteiger partial charge in [-0.05, 0) is 26.3 Å². The van der Waals surface area contributed by atoms with Gasteiger partial charge in [0.1, 0.15) is 0 Å². The molecule has 0 spiro atoms. The van der Waals surface area contributed by atoms with Crippen molar-refractivity contribution >= 4 is 5.91 Å². The molecule has 0 bridgehead atoms. The number of amides is 1. The number of hydrogen-bond donors (Lipinski definition) is 1. The summed E-state index contributed by atoms with van der Waals surface area (Å²) in [6.07, 6.45) is -5.69. The molecule has 4 nitrogen and oxygen atoms in total. The van der Waals surface area contributed by atoms with Crippen LogP contribution < -0.4 is 5.32 Å². The van der Waals surface area contributed by atoms with Crippen molar-refractivity contribution in [2.45, 2.75) is 38.9 Å². The zero-order valence-electron chi connectivity index (χ0n) is 10.9. The van der Waals surface area contributed by atoms with E-state index in [0.29, 0.717) is 6.54 Å². The van der Waals surface area contributed by atoms with E-state index < -0.39 is 18.0 Å². The van der Waals surface area contributed by atoms with Crippen molar-refractivity contribution in [1.82, 2.24) is 15.1 Å². The molecule has 1 heterocycles. The summed E-state index contributed by atoms with van der Waals surface area (Å²) in [6, 6.07) is 1.80. The molecule has 0 aliphatic heterocycles. The highest BCUT2D eigenvalue weighted by Gasteiger charge is 2.63. The van der Waals surface area contributed by atoms with Gasteiger partial charge in [0, 0.05) is 18.8 Å². The number of carbonyl (C=O) groups excluding carboxylic acids is 1. The average Bonchev–Trinajstić information content (AvgIpc) is 2.61. The number of aryl methyl sites for hydroxylation is 3. The van der Waals surface area contributed by atoms with Crippen LogP contribution in [0.2, 0.25) is 0 Å². The zero-order valence-corrected chi connectivity index (χ0v) is 10.9. The molecule has 1 aromatic rings. The van der Waals surface area contributed by atoms with E-state index in [1.165, 1.54) is 0 Å². The Morgan fingerprint density at radius 2 is 1.90 bits per heavy atom. The van der Waals surface area contributed by atoms with Crippen LogP contribution in [0.1, 0.15) is 17.8 Å². The minimum Gasteiger partial charge on any atom is -0.350 e. The number of aromatic nitrogens is 2. The first-order valence-corrected chi connectivity index (χ1v) is 5.79. The van der Waals surface area contributed by atoms with E-state index in [-0.39, 0.29) is 13.0 Å². The van der Waals surface area contributed by atoms with Crippen molar-refractivity contribution in [2.75, 3.05) is 6.54 Å². The van der Waals surface area contributed by atoms with Gasteiger partial charge in [-0.2, -0.15) is 27.1 Å². The Kier molecular flexibility index (Phi) is 4.72. The molecule has 0 saturated carbocycles. The number of alkyl halides is 5. The van der Waals surface area contributed by atoms with Crippen molar-refractivity contribution < 1.29 is 26.7 Å². The van der Waals surface area contributed by atoms with Crippen molar-refractivity contribution in [3.05, 3.63) is 17.5 Å². The lowest BCUT2D eigenvalue weighted by Gasteiger charge is -2.18. The minimum absolute atomic E-state index is 0.196. The van der Waals surface area contributed by atoms with Crippen LogP contribution >= 0.6 is 0 Å². The van der Waals surface area contributed by atoms with Crippen LogP contribution in [0.5, 0.6) is 0 Å². The molecule has 0 aliphatic rings. The summed E-state index contributed by atoms with van der Waals surface area (Å²) in [7, 11) is 0. The Hall–Kier alpha value is -1.67. The van der Waals surface area contributed by atoms with Crippen molar-refractivity contribution in [3.8, 4) is 0 Å². The number of carbonyl (C=O) groups is 1. The molecular weight excluding hydrogens is 285 g/mol. The first-order chi connectivity index (χ1) is 9.05. The number of nitrogens with zero attached hydrogens (tertiary/aromatic N) is 2. The number of halogens is 5. The van der Waals surface area contributed by atoms with Crippen LogP contribution in [0, 0.1) is 13.8 Å². The highest BCUT2D eigenvalue weighted by atomic mass is 19.4. The molecular formula is C11H14F5N3O. The van der Waals surface area contributed by atoms with Gasteiger partial charge in [0.25, 0.3) is 5.91 Å². The van der Waals surface area contributed by atoms with Crippen LogP contribution in [0.15, 0.2) is 6.07 Å². The maximum Gasteiger partial charge on any atom is 0.463 e. The Bertz CT molecular complexity index is 481. The lowest BCUT2D eigenvalue weighted by atomic mass is 10.3. The van der Waals surface area contributed by atoms with E-state index >= 15 is 0 Å². The molecule has 20 heavy (non-hydrogen) atoms. The first kappa shape index (κ1) is 16.4. The smallest absolute Gasteiger partial charge is 0.350 e. The van der Waals surface area contributed by atoms with Gasteiger partial charge >= 0.3 is 12.1 Å². The fourth-order valence-electron chi connectivity index (χ4n) is 1.57. The second kappa shape index (κ2) is 5.76. The van der Waals surface area contributed by atoms with Gasteiger partial charge < -0.3 is 5.32 Å². The molecule has 1 rings (SSSR count). The Balaban J connectivity index is 2.42. The Morgan fingerprint density at radius 3 is 2.35 bits per heavy atom. The molecule has 0 atom stereocenters. The molecule has 9 heteroatoms. The van der Waals surface area contributed by atoms with Crippen LogP contribution in [0.25, 0.3) is 0 Å². The normalized spacial score (nSPS) is 12.6. The molecule has 1 aromatic heterocycles. The molecule has 0 radical (unpaired) electrons. The average molecular weight is 299 g/mol. The third-order valence-corrected chi connectivity index (χ3v) is 2.58. The second-order valence-electron chi connectivity index (χ2n) is 4.33. The molecule has 1 N–H and O–H groups in total. The quantitative estimate of drug-likeness (QED) is 0.669. The largest absolute Gasteiger partial charge is 0.463 e. The third kappa shape index (κ3) is 3.67. The summed E-state index contributed by atoms with van der Waals surface area (Å²) < 4.78 is 62.4. The molecule has 0 saturated heterocycles. The predicted octanol–water partition coefficient (Wildman–Crippen LogP) is 2.20. The molecule has 0 unspecified atom stereocenters. The van der Waals surface area contributed by atoms with Crippen LogP contribution in [-0.2, 0) is 11.3 Å². The summed E-state index contributed by atoms with van der Waals surface area (Å²) in [5, 5.41) is 5.67. The lowest BCUT2D eigenvalue weighted by molar-refractivity contribution is -0.269. The number of nitrogens with one attached hydrogen (secondary N) is 1. The summed E-state index contributed by atoms with van der Waals surface area (Å²) in [4.78, 5) is 10.8. The molecule has 0 aromatic carbocycles. The van der Waals surface area contributed by atoms with E-state index in [1.807, 2.05) is 0 Å². The standard InChI is InChI=1S/C11H14F5N3O/c1-7-6-8(2)19(18-7)5-3-4-17-9(20)10(12,13)11(14,15)16/h6H,3-5H2,1-2H3,(H,17,20). The van der Waals surface area contributed by atoms with Crippen molar-refractivity contribution in [3.63, 3.8) is 0 Å². The summed E-state index contributed by atoms with van der Waals surface area (Å²) in [5.74, 6) is -7.70. The molecule has 114 valence electrons. The summed E-state index contributed by atoms with van der Waals surface area (Å²) >= 11 is 0. The van der Waals surface area contributed by atoms with Gasteiger partial charge in [-0.25, -0.2) is 0 Å². The van der Waals surface area contributed by atoms with E-state index in [4.69, 9.17) is 0 Å². The van der Waals surface area contributed by atoms with Crippen molar-refractivity contribution in [1.29, 1.82) is 0 Å². The summed E-state index contributed by atoms with van der Waals surface area (Å²) in [5.41, 5.74) is 1.62. The third-order valence-electron chi connectivity index (χ3n) is 2.58. The Morgan fingerprint density at radius 1 is 1.30 bits per heavy atom. The fraction of sp³-hybridized carbons (Fsp3) is 0.636. The molecule has 1 amide bonds. The number of hydrogen-bond acceptors (Lipinski definition) is 2. The maximum atomic E-state index is 12.6. The molecule has 0 fully saturated rings. The summed E-state index contributed by atoms with van der Waals surface area (Å²) in [6.45, 7) is 3.59. The van der Waals surface area contributed by atoms with Gasteiger partial charge in [-0.1, -0.05) is 0 Å². The highest BCUT2D eigenvalue weighted by Crippen LogP contribution is 2.35. The van der Waals surface area contributed by atoms with Gasteiger partial charge in [0.2, 0.25) is 0 Å². The zero-order chi connectivity index (χ0) is 15.6. The van der Waals surface area contributed by atoms with Crippen LogP contribution in [0.4, 0.5) is 22.0 Å². The van der Waals surface area contributed by atoms with Gasteiger partial charge in [-0.15, -0.1) is 0 Å². The second-order valence-corrected chi connectivity index (χ2v) is 4.33.